The second-order valence-electron chi connectivity index (χ2n) is 5.54. The molecule has 1 aliphatic rings. The molecular formula is C14H21ClN2. The summed E-state index contributed by atoms with van der Waals surface area (Å²) in [7, 11) is 0. The van der Waals surface area contributed by atoms with E-state index in [4.69, 9.17) is 17.3 Å². The predicted octanol–water partition coefficient (Wildman–Crippen LogP) is 3.71. The molecule has 0 aromatic heterocycles. The smallest absolute Gasteiger partial charge is 0.0789 e. The number of halogens is 1. The van der Waals surface area contributed by atoms with Gasteiger partial charge in [-0.15, -0.1) is 0 Å². The van der Waals surface area contributed by atoms with Crippen LogP contribution in [0.1, 0.15) is 25.8 Å². The van der Waals surface area contributed by atoms with Crippen LogP contribution in [0.5, 0.6) is 0 Å². The van der Waals surface area contributed by atoms with E-state index in [0.717, 1.165) is 35.1 Å². The first-order valence-corrected chi connectivity index (χ1v) is 6.65. The van der Waals surface area contributed by atoms with Crippen LogP contribution in [-0.2, 0) is 0 Å². The van der Waals surface area contributed by atoms with Gasteiger partial charge in [0.25, 0.3) is 0 Å². The summed E-state index contributed by atoms with van der Waals surface area (Å²) >= 11 is 6.34. The average molecular weight is 253 g/mol. The first-order chi connectivity index (χ1) is 7.97. The van der Waals surface area contributed by atoms with Gasteiger partial charge in [-0.3, -0.25) is 0 Å². The van der Waals surface area contributed by atoms with Gasteiger partial charge in [0.2, 0.25) is 0 Å². The summed E-state index contributed by atoms with van der Waals surface area (Å²) in [5.74, 6) is 1.41. The van der Waals surface area contributed by atoms with Crippen molar-refractivity contribution in [2.24, 2.45) is 11.8 Å². The van der Waals surface area contributed by atoms with Crippen LogP contribution in [0.25, 0.3) is 0 Å². The lowest BCUT2D eigenvalue weighted by Crippen LogP contribution is -2.39. The molecule has 0 bridgehead atoms. The predicted molar refractivity (Wildman–Crippen MR) is 75.8 cm³/mol. The minimum Gasteiger partial charge on any atom is -0.397 e. The minimum absolute atomic E-state index is 0.704. The summed E-state index contributed by atoms with van der Waals surface area (Å²) in [4.78, 5) is 2.34. The summed E-state index contributed by atoms with van der Waals surface area (Å²) in [6, 6.07) is 4.00. The standard InChI is InChI=1S/C14H21ClN2/c1-9-5-12(15)14(13(16)6-9)17-7-10(2)4-11(3)8-17/h5-6,10-11H,4,7-8,16H2,1-3H3. The molecule has 0 radical (unpaired) electrons. The van der Waals surface area contributed by atoms with Crippen molar-refractivity contribution < 1.29 is 0 Å². The van der Waals surface area contributed by atoms with E-state index in [-0.39, 0.29) is 0 Å². The molecule has 0 aliphatic carbocycles. The van der Waals surface area contributed by atoms with Crippen molar-refractivity contribution in [1.29, 1.82) is 0 Å². The molecule has 2 unspecified atom stereocenters. The third kappa shape index (κ3) is 2.68. The maximum Gasteiger partial charge on any atom is 0.0789 e. The average Bonchev–Trinajstić information content (AvgIpc) is 2.13. The van der Waals surface area contributed by atoms with Crippen LogP contribution in [0.15, 0.2) is 12.1 Å². The molecule has 2 rings (SSSR count). The molecule has 1 aliphatic heterocycles. The van der Waals surface area contributed by atoms with Crippen LogP contribution in [0.2, 0.25) is 5.02 Å². The van der Waals surface area contributed by atoms with Gasteiger partial charge in [0.05, 0.1) is 16.4 Å². The van der Waals surface area contributed by atoms with Gasteiger partial charge < -0.3 is 10.6 Å². The number of hydrogen-bond acceptors (Lipinski definition) is 2. The fourth-order valence-electron chi connectivity index (χ4n) is 2.94. The first-order valence-electron chi connectivity index (χ1n) is 6.28. The van der Waals surface area contributed by atoms with Gasteiger partial charge in [0.1, 0.15) is 0 Å². The zero-order chi connectivity index (χ0) is 12.6. The zero-order valence-corrected chi connectivity index (χ0v) is 11.6. The van der Waals surface area contributed by atoms with Gasteiger partial charge in [0, 0.05) is 13.1 Å². The van der Waals surface area contributed by atoms with Crippen LogP contribution in [0, 0.1) is 18.8 Å². The van der Waals surface area contributed by atoms with E-state index in [1.807, 2.05) is 19.1 Å². The van der Waals surface area contributed by atoms with Gasteiger partial charge in [0.15, 0.2) is 0 Å². The first kappa shape index (κ1) is 12.6. The number of benzene rings is 1. The fourth-order valence-corrected chi connectivity index (χ4v) is 3.34. The lowest BCUT2D eigenvalue weighted by molar-refractivity contribution is 0.357. The minimum atomic E-state index is 0.704. The van der Waals surface area contributed by atoms with Gasteiger partial charge in [-0.05, 0) is 42.9 Å². The lowest BCUT2D eigenvalue weighted by atomic mass is 9.91. The maximum atomic E-state index is 6.34. The fraction of sp³-hybridized carbons (Fsp3) is 0.571. The molecule has 1 heterocycles. The summed E-state index contributed by atoms with van der Waals surface area (Å²) < 4.78 is 0. The highest BCUT2D eigenvalue weighted by atomic mass is 35.5. The molecule has 3 heteroatoms. The number of nitrogens with zero attached hydrogens (tertiary/aromatic N) is 1. The van der Waals surface area contributed by atoms with E-state index >= 15 is 0 Å². The van der Waals surface area contributed by atoms with Crippen LogP contribution in [0.3, 0.4) is 0 Å². The Morgan fingerprint density at radius 2 is 1.82 bits per heavy atom. The van der Waals surface area contributed by atoms with Crippen LogP contribution < -0.4 is 10.6 Å². The monoisotopic (exact) mass is 252 g/mol. The number of rotatable bonds is 1. The Hall–Kier alpha value is -0.890. The molecule has 1 aromatic rings. The van der Waals surface area contributed by atoms with Gasteiger partial charge in [-0.2, -0.15) is 0 Å². The molecule has 94 valence electrons. The highest BCUT2D eigenvalue weighted by molar-refractivity contribution is 6.34. The van der Waals surface area contributed by atoms with E-state index < -0.39 is 0 Å². The third-order valence-electron chi connectivity index (χ3n) is 3.42. The largest absolute Gasteiger partial charge is 0.397 e. The van der Waals surface area contributed by atoms with Crippen molar-refractivity contribution in [3.63, 3.8) is 0 Å². The van der Waals surface area contributed by atoms with E-state index in [2.05, 4.69) is 18.7 Å². The quantitative estimate of drug-likeness (QED) is 0.772. The van der Waals surface area contributed by atoms with Crippen molar-refractivity contribution in [3.05, 3.63) is 22.7 Å². The van der Waals surface area contributed by atoms with Gasteiger partial charge in [-0.1, -0.05) is 25.4 Å². The molecule has 17 heavy (non-hydrogen) atoms. The Bertz CT molecular complexity index is 384. The topological polar surface area (TPSA) is 29.3 Å². The second-order valence-corrected chi connectivity index (χ2v) is 5.94. The van der Waals surface area contributed by atoms with E-state index in [1.165, 1.54) is 6.42 Å². The van der Waals surface area contributed by atoms with Crippen molar-refractivity contribution >= 4 is 23.0 Å². The van der Waals surface area contributed by atoms with E-state index in [9.17, 15) is 0 Å². The number of hydrogen-bond donors (Lipinski definition) is 1. The molecule has 0 amide bonds. The molecule has 2 nitrogen and oxygen atoms in total. The highest BCUT2D eigenvalue weighted by Crippen LogP contribution is 2.36. The van der Waals surface area contributed by atoms with Gasteiger partial charge >= 0.3 is 0 Å². The molecule has 0 saturated carbocycles. The number of nitrogen functional groups attached to an aromatic ring is 1. The molecule has 1 aromatic carbocycles. The van der Waals surface area contributed by atoms with E-state index in [1.54, 1.807) is 0 Å². The Morgan fingerprint density at radius 1 is 1.24 bits per heavy atom. The van der Waals surface area contributed by atoms with Crippen LogP contribution in [0.4, 0.5) is 11.4 Å². The molecule has 0 spiro atoms. The Balaban J connectivity index is 2.33. The number of piperidine rings is 1. The summed E-state index contributed by atoms with van der Waals surface area (Å²) in [5, 5.41) is 0.781. The SMILES string of the molecule is Cc1cc(N)c(N2CC(C)CC(C)C2)c(Cl)c1. The Morgan fingerprint density at radius 3 is 2.35 bits per heavy atom. The van der Waals surface area contributed by atoms with Crippen LogP contribution in [-0.4, -0.2) is 13.1 Å². The Kier molecular flexibility index (Phi) is 3.53. The van der Waals surface area contributed by atoms with Crippen molar-refractivity contribution in [1.82, 2.24) is 0 Å². The zero-order valence-electron chi connectivity index (χ0n) is 10.8. The van der Waals surface area contributed by atoms with Crippen molar-refractivity contribution in [2.75, 3.05) is 23.7 Å². The van der Waals surface area contributed by atoms with E-state index in [0.29, 0.717) is 11.8 Å². The Labute approximate surface area is 109 Å². The molecule has 2 N–H and O–H groups in total. The maximum absolute atomic E-state index is 6.34. The number of aryl methyl sites for hydroxylation is 1. The number of anilines is 2. The highest BCUT2D eigenvalue weighted by Gasteiger charge is 2.24. The van der Waals surface area contributed by atoms with Crippen molar-refractivity contribution in [2.45, 2.75) is 27.2 Å². The lowest BCUT2D eigenvalue weighted by Gasteiger charge is -2.37. The normalized spacial score (nSPS) is 25.1. The number of nitrogens with two attached hydrogens (primary N) is 1. The molecule has 1 saturated heterocycles. The third-order valence-corrected chi connectivity index (χ3v) is 3.71. The summed E-state index contributed by atoms with van der Waals surface area (Å²) in [6.45, 7) is 8.71. The van der Waals surface area contributed by atoms with Gasteiger partial charge in [-0.25, -0.2) is 0 Å². The summed E-state index contributed by atoms with van der Waals surface area (Å²) in [6.07, 6.45) is 1.29. The molecule has 1 fully saturated rings. The second kappa shape index (κ2) is 4.77. The van der Waals surface area contributed by atoms with Crippen molar-refractivity contribution in [3.8, 4) is 0 Å². The van der Waals surface area contributed by atoms with Crippen LogP contribution >= 0.6 is 11.6 Å². The molecular weight excluding hydrogens is 232 g/mol. The summed E-state index contributed by atoms with van der Waals surface area (Å²) in [5.41, 5.74) is 9.06. The molecule has 2 atom stereocenters.